The number of carbonyl (C=O) groups excluding carboxylic acids is 2. The SMILES string of the molecule is COCC(=O)Nc1ccc(NC(=O)c2cc3c(s2)-c2ccccc2OC3)cc1. The first-order valence-corrected chi connectivity index (χ1v) is 9.51. The first kappa shape index (κ1) is 18.2. The number of ether oxygens (including phenoxy) is 2. The quantitative estimate of drug-likeness (QED) is 0.682. The number of para-hydroxylation sites is 1. The molecule has 0 aliphatic carbocycles. The molecule has 0 saturated carbocycles. The Bertz CT molecular complexity index is 1030. The van der Waals surface area contributed by atoms with E-state index in [1.807, 2.05) is 30.3 Å². The van der Waals surface area contributed by atoms with Gasteiger partial charge >= 0.3 is 0 Å². The first-order chi connectivity index (χ1) is 13.6. The summed E-state index contributed by atoms with van der Waals surface area (Å²) in [6.07, 6.45) is 0. The first-order valence-electron chi connectivity index (χ1n) is 8.69. The lowest BCUT2D eigenvalue weighted by atomic mass is 10.1. The van der Waals surface area contributed by atoms with Crippen molar-refractivity contribution >= 4 is 34.5 Å². The maximum atomic E-state index is 12.7. The summed E-state index contributed by atoms with van der Waals surface area (Å²) in [4.78, 5) is 25.9. The van der Waals surface area contributed by atoms with Crippen molar-refractivity contribution in [2.75, 3.05) is 24.4 Å². The molecule has 0 fully saturated rings. The third-order valence-corrected chi connectivity index (χ3v) is 5.46. The highest BCUT2D eigenvalue weighted by atomic mass is 32.1. The van der Waals surface area contributed by atoms with Crippen LogP contribution in [0.25, 0.3) is 10.4 Å². The second-order valence-electron chi connectivity index (χ2n) is 6.26. The van der Waals surface area contributed by atoms with Crippen molar-refractivity contribution in [3.05, 3.63) is 65.0 Å². The van der Waals surface area contributed by atoms with Gasteiger partial charge in [-0.15, -0.1) is 11.3 Å². The van der Waals surface area contributed by atoms with Crippen LogP contribution < -0.4 is 15.4 Å². The number of amides is 2. The fourth-order valence-corrected chi connectivity index (χ4v) is 4.06. The number of thiophene rings is 1. The summed E-state index contributed by atoms with van der Waals surface area (Å²) < 4.78 is 10.5. The van der Waals surface area contributed by atoms with Crippen molar-refractivity contribution in [1.82, 2.24) is 0 Å². The van der Waals surface area contributed by atoms with Crippen LogP contribution in [-0.4, -0.2) is 25.5 Å². The summed E-state index contributed by atoms with van der Waals surface area (Å²) >= 11 is 1.46. The second-order valence-corrected chi connectivity index (χ2v) is 7.31. The van der Waals surface area contributed by atoms with Gasteiger partial charge in [-0.2, -0.15) is 0 Å². The van der Waals surface area contributed by atoms with Crippen LogP contribution >= 0.6 is 11.3 Å². The van der Waals surface area contributed by atoms with Crippen LogP contribution in [0.15, 0.2) is 54.6 Å². The normalized spacial score (nSPS) is 11.8. The largest absolute Gasteiger partial charge is 0.488 e. The number of nitrogens with one attached hydrogen (secondary N) is 2. The van der Waals surface area contributed by atoms with Gasteiger partial charge in [0, 0.05) is 34.5 Å². The van der Waals surface area contributed by atoms with Gasteiger partial charge < -0.3 is 20.1 Å². The molecule has 7 heteroatoms. The van der Waals surface area contributed by atoms with Crippen molar-refractivity contribution in [3.63, 3.8) is 0 Å². The molecule has 2 heterocycles. The van der Waals surface area contributed by atoms with Gasteiger partial charge in [-0.1, -0.05) is 12.1 Å². The van der Waals surface area contributed by atoms with Gasteiger partial charge in [-0.05, 0) is 42.5 Å². The fraction of sp³-hybridized carbons (Fsp3) is 0.143. The molecule has 1 aliphatic heterocycles. The van der Waals surface area contributed by atoms with E-state index in [1.165, 1.54) is 18.4 Å². The van der Waals surface area contributed by atoms with E-state index in [0.29, 0.717) is 22.9 Å². The minimum absolute atomic E-state index is 0.00558. The predicted octanol–water partition coefficient (Wildman–Crippen LogP) is 4.14. The van der Waals surface area contributed by atoms with Crippen LogP contribution in [0, 0.1) is 0 Å². The zero-order chi connectivity index (χ0) is 19.5. The average Bonchev–Trinajstić information content (AvgIpc) is 3.15. The molecular weight excluding hydrogens is 376 g/mol. The maximum absolute atomic E-state index is 12.7. The molecule has 28 heavy (non-hydrogen) atoms. The van der Waals surface area contributed by atoms with Crippen LogP contribution in [0.2, 0.25) is 0 Å². The summed E-state index contributed by atoms with van der Waals surface area (Å²) in [5.74, 6) is 0.439. The van der Waals surface area contributed by atoms with Crippen LogP contribution in [-0.2, 0) is 16.1 Å². The number of rotatable bonds is 5. The molecule has 0 saturated heterocycles. The molecule has 4 rings (SSSR count). The highest BCUT2D eigenvalue weighted by Crippen LogP contribution is 2.42. The zero-order valence-corrected chi connectivity index (χ0v) is 16.0. The van der Waals surface area contributed by atoms with E-state index in [0.717, 1.165) is 21.8 Å². The molecule has 3 aromatic rings. The number of methoxy groups -OCH3 is 1. The molecule has 1 aliphatic rings. The van der Waals surface area contributed by atoms with Gasteiger partial charge in [0.15, 0.2) is 0 Å². The third-order valence-electron chi connectivity index (χ3n) is 4.25. The number of hydrogen-bond acceptors (Lipinski definition) is 5. The Morgan fingerprint density at radius 1 is 1.07 bits per heavy atom. The lowest BCUT2D eigenvalue weighted by Gasteiger charge is -2.16. The Balaban J connectivity index is 1.47. The van der Waals surface area contributed by atoms with Gasteiger partial charge in [-0.25, -0.2) is 0 Å². The smallest absolute Gasteiger partial charge is 0.265 e. The van der Waals surface area contributed by atoms with Crippen LogP contribution in [0.5, 0.6) is 5.75 Å². The Morgan fingerprint density at radius 3 is 2.54 bits per heavy atom. The van der Waals surface area contributed by atoms with Gasteiger partial charge in [0.1, 0.15) is 19.0 Å². The minimum Gasteiger partial charge on any atom is -0.488 e. The van der Waals surface area contributed by atoms with E-state index < -0.39 is 0 Å². The molecule has 6 nitrogen and oxygen atoms in total. The van der Waals surface area contributed by atoms with Gasteiger partial charge in [0.05, 0.1) is 4.88 Å². The fourth-order valence-electron chi connectivity index (χ4n) is 2.97. The highest BCUT2D eigenvalue weighted by Gasteiger charge is 2.22. The number of fused-ring (bicyclic) bond motifs is 3. The Morgan fingerprint density at radius 2 is 1.79 bits per heavy atom. The standard InChI is InChI=1S/C21H18N2O4S/c1-26-12-19(24)22-14-6-8-15(9-7-14)23-21(25)18-10-13-11-27-17-5-3-2-4-16(17)20(13)28-18/h2-10H,11-12H2,1H3,(H,22,24)(H,23,25). The van der Waals surface area contributed by atoms with E-state index in [9.17, 15) is 9.59 Å². The second kappa shape index (κ2) is 7.84. The van der Waals surface area contributed by atoms with Crippen molar-refractivity contribution < 1.29 is 19.1 Å². The lowest BCUT2D eigenvalue weighted by Crippen LogP contribution is -2.17. The van der Waals surface area contributed by atoms with Gasteiger partial charge in [0.25, 0.3) is 5.91 Å². The number of benzene rings is 2. The number of carbonyl (C=O) groups is 2. The van der Waals surface area contributed by atoms with Gasteiger partial charge in [0.2, 0.25) is 5.91 Å². The molecule has 142 valence electrons. The molecule has 2 N–H and O–H groups in total. The summed E-state index contributed by atoms with van der Waals surface area (Å²) in [5.41, 5.74) is 3.33. The third kappa shape index (κ3) is 3.76. The highest BCUT2D eigenvalue weighted by molar-refractivity contribution is 7.17. The molecule has 0 spiro atoms. The number of anilines is 2. The van der Waals surface area contributed by atoms with E-state index in [2.05, 4.69) is 10.6 Å². The van der Waals surface area contributed by atoms with E-state index in [4.69, 9.17) is 9.47 Å². The van der Waals surface area contributed by atoms with E-state index in [-0.39, 0.29) is 18.4 Å². The molecule has 1 aromatic heterocycles. The van der Waals surface area contributed by atoms with E-state index in [1.54, 1.807) is 24.3 Å². The summed E-state index contributed by atoms with van der Waals surface area (Å²) in [7, 11) is 1.46. The minimum atomic E-state index is -0.231. The van der Waals surface area contributed by atoms with Crippen molar-refractivity contribution in [2.24, 2.45) is 0 Å². The van der Waals surface area contributed by atoms with E-state index >= 15 is 0 Å². The molecule has 0 radical (unpaired) electrons. The Labute approximate surface area is 166 Å². The Hall–Kier alpha value is -3.16. The van der Waals surface area contributed by atoms with Crippen LogP contribution in [0.3, 0.4) is 0 Å². The summed E-state index contributed by atoms with van der Waals surface area (Å²) in [6, 6.07) is 16.7. The Kier molecular flexibility index (Phi) is 5.10. The summed E-state index contributed by atoms with van der Waals surface area (Å²) in [6.45, 7) is 0.459. The number of hydrogen-bond donors (Lipinski definition) is 2. The van der Waals surface area contributed by atoms with Gasteiger partial charge in [-0.3, -0.25) is 9.59 Å². The van der Waals surface area contributed by atoms with Crippen LogP contribution in [0.4, 0.5) is 11.4 Å². The topological polar surface area (TPSA) is 76.7 Å². The summed E-state index contributed by atoms with van der Waals surface area (Å²) in [5, 5.41) is 5.60. The molecule has 0 bridgehead atoms. The maximum Gasteiger partial charge on any atom is 0.265 e. The lowest BCUT2D eigenvalue weighted by molar-refractivity contribution is -0.119. The molecule has 0 unspecified atom stereocenters. The van der Waals surface area contributed by atoms with Crippen molar-refractivity contribution in [3.8, 4) is 16.2 Å². The van der Waals surface area contributed by atoms with Crippen molar-refractivity contribution in [2.45, 2.75) is 6.61 Å². The molecule has 2 aromatic carbocycles. The molecule has 2 amide bonds. The average molecular weight is 394 g/mol. The van der Waals surface area contributed by atoms with Crippen LogP contribution in [0.1, 0.15) is 15.2 Å². The van der Waals surface area contributed by atoms with Crippen molar-refractivity contribution in [1.29, 1.82) is 0 Å². The zero-order valence-electron chi connectivity index (χ0n) is 15.2. The molecule has 0 atom stereocenters. The monoisotopic (exact) mass is 394 g/mol. The predicted molar refractivity (Wildman–Crippen MR) is 109 cm³/mol. The molecular formula is C21H18N2O4S.